The van der Waals surface area contributed by atoms with Gasteiger partial charge in [-0.1, -0.05) is 13.8 Å². The number of rotatable bonds is 6. The number of anilines is 2. The van der Waals surface area contributed by atoms with Crippen molar-refractivity contribution in [2.75, 3.05) is 24.7 Å². The molecular weight excluding hydrogens is 242 g/mol. The Morgan fingerprint density at radius 3 is 2.42 bits per heavy atom. The molecule has 0 heterocycles. The molecule has 1 amide bonds. The molecule has 0 aliphatic rings. The summed E-state index contributed by atoms with van der Waals surface area (Å²) in [5.74, 6) is 0.527. The van der Waals surface area contributed by atoms with E-state index in [1.807, 2.05) is 13.8 Å². The highest BCUT2D eigenvalue weighted by molar-refractivity contribution is 5.96. The first kappa shape index (κ1) is 15.3. The van der Waals surface area contributed by atoms with Gasteiger partial charge in [-0.25, -0.2) is 0 Å². The van der Waals surface area contributed by atoms with Crippen molar-refractivity contribution in [1.82, 2.24) is 0 Å². The van der Waals surface area contributed by atoms with E-state index < -0.39 is 5.41 Å². The van der Waals surface area contributed by atoms with Crippen LogP contribution in [0.15, 0.2) is 18.2 Å². The monoisotopic (exact) mass is 265 g/mol. The number of nitrogen functional groups attached to an aromatic ring is 1. The fraction of sp³-hybridized carbons (Fsp3) is 0.500. The van der Waals surface area contributed by atoms with Crippen molar-refractivity contribution >= 4 is 17.3 Å². The molecular formula is C14H23N3O2. The number of methoxy groups -OCH3 is 1. The van der Waals surface area contributed by atoms with Gasteiger partial charge in [-0.05, 0) is 31.0 Å². The summed E-state index contributed by atoms with van der Waals surface area (Å²) >= 11 is 0. The average Bonchev–Trinajstić information content (AvgIpc) is 2.41. The Labute approximate surface area is 114 Å². The van der Waals surface area contributed by atoms with Crippen molar-refractivity contribution in [2.45, 2.75) is 26.7 Å². The molecule has 0 aromatic heterocycles. The zero-order valence-corrected chi connectivity index (χ0v) is 11.8. The summed E-state index contributed by atoms with van der Waals surface area (Å²) in [7, 11) is 1.55. The second-order valence-electron chi connectivity index (χ2n) is 4.60. The summed E-state index contributed by atoms with van der Waals surface area (Å²) in [6, 6.07) is 5.18. The van der Waals surface area contributed by atoms with E-state index in [0.717, 1.165) is 0 Å². The first-order valence-electron chi connectivity index (χ1n) is 6.48. The van der Waals surface area contributed by atoms with E-state index in [4.69, 9.17) is 16.2 Å². The summed E-state index contributed by atoms with van der Waals surface area (Å²) < 4.78 is 5.08. The van der Waals surface area contributed by atoms with E-state index in [1.165, 1.54) is 0 Å². The molecule has 0 aliphatic carbocycles. The fourth-order valence-electron chi connectivity index (χ4n) is 2.03. The van der Waals surface area contributed by atoms with Gasteiger partial charge in [0.2, 0.25) is 5.91 Å². The van der Waals surface area contributed by atoms with Crippen LogP contribution in [0.3, 0.4) is 0 Å². The predicted octanol–water partition coefficient (Wildman–Crippen LogP) is 1.98. The van der Waals surface area contributed by atoms with Crippen LogP contribution in [0, 0.1) is 5.41 Å². The number of hydrogen-bond acceptors (Lipinski definition) is 4. The highest BCUT2D eigenvalue weighted by atomic mass is 16.5. The normalized spacial score (nSPS) is 11.2. The van der Waals surface area contributed by atoms with Gasteiger partial charge < -0.3 is 21.5 Å². The molecule has 1 rings (SSSR count). The second kappa shape index (κ2) is 6.43. The molecule has 5 heteroatoms. The van der Waals surface area contributed by atoms with Gasteiger partial charge in [-0.3, -0.25) is 4.79 Å². The highest BCUT2D eigenvalue weighted by Gasteiger charge is 2.33. The van der Waals surface area contributed by atoms with Crippen LogP contribution in [0.4, 0.5) is 11.4 Å². The van der Waals surface area contributed by atoms with Gasteiger partial charge >= 0.3 is 0 Å². The van der Waals surface area contributed by atoms with Crippen molar-refractivity contribution in [1.29, 1.82) is 0 Å². The lowest BCUT2D eigenvalue weighted by Crippen LogP contribution is -2.41. The Morgan fingerprint density at radius 1 is 1.37 bits per heavy atom. The minimum atomic E-state index is -0.519. The number of carbonyl (C=O) groups excluding carboxylic acids is 1. The lowest BCUT2D eigenvalue weighted by molar-refractivity contribution is -0.125. The van der Waals surface area contributed by atoms with E-state index in [0.29, 0.717) is 36.5 Å². The lowest BCUT2D eigenvalue weighted by Gasteiger charge is -2.28. The molecule has 5 nitrogen and oxygen atoms in total. The third-order valence-corrected chi connectivity index (χ3v) is 3.71. The van der Waals surface area contributed by atoms with Crippen LogP contribution in [0.1, 0.15) is 26.7 Å². The number of hydrogen-bond donors (Lipinski definition) is 3. The van der Waals surface area contributed by atoms with E-state index in [1.54, 1.807) is 25.3 Å². The molecule has 1 aromatic rings. The number of ether oxygens (including phenoxy) is 1. The zero-order valence-electron chi connectivity index (χ0n) is 11.8. The first-order chi connectivity index (χ1) is 9.02. The van der Waals surface area contributed by atoms with Crippen LogP contribution in [-0.2, 0) is 4.79 Å². The smallest absolute Gasteiger partial charge is 0.231 e. The van der Waals surface area contributed by atoms with Gasteiger partial charge in [-0.15, -0.1) is 0 Å². The van der Waals surface area contributed by atoms with Gasteiger partial charge in [0.25, 0.3) is 0 Å². The summed E-state index contributed by atoms with van der Waals surface area (Å²) in [5.41, 5.74) is 12.2. The largest absolute Gasteiger partial charge is 0.495 e. The molecule has 0 spiro atoms. The van der Waals surface area contributed by atoms with E-state index in [2.05, 4.69) is 5.32 Å². The molecule has 0 saturated carbocycles. The van der Waals surface area contributed by atoms with Crippen molar-refractivity contribution < 1.29 is 9.53 Å². The predicted molar refractivity (Wildman–Crippen MR) is 78.1 cm³/mol. The SMILES string of the molecule is CCC(CC)(CN)C(=O)Nc1ccc(OC)c(N)c1. The standard InChI is InChI=1S/C14H23N3O2/c1-4-14(5-2,9-15)13(18)17-10-6-7-12(19-3)11(16)8-10/h6-8H,4-5,9,15-16H2,1-3H3,(H,17,18). The average molecular weight is 265 g/mol. The maximum atomic E-state index is 12.3. The van der Waals surface area contributed by atoms with Crippen LogP contribution in [0.25, 0.3) is 0 Å². The van der Waals surface area contributed by atoms with Gasteiger partial charge in [0.05, 0.1) is 18.2 Å². The Balaban J connectivity index is 2.90. The molecule has 0 saturated heterocycles. The third-order valence-electron chi connectivity index (χ3n) is 3.71. The Bertz CT molecular complexity index is 434. The van der Waals surface area contributed by atoms with E-state index in [9.17, 15) is 4.79 Å². The van der Waals surface area contributed by atoms with Gasteiger partial charge in [0, 0.05) is 12.2 Å². The highest BCUT2D eigenvalue weighted by Crippen LogP contribution is 2.29. The van der Waals surface area contributed by atoms with Crippen molar-refractivity contribution in [3.63, 3.8) is 0 Å². The van der Waals surface area contributed by atoms with Crippen LogP contribution < -0.4 is 21.5 Å². The van der Waals surface area contributed by atoms with Crippen molar-refractivity contribution in [3.8, 4) is 5.75 Å². The second-order valence-corrected chi connectivity index (χ2v) is 4.60. The molecule has 0 radical (unpaired) electrons. The minimum Gasteiger partial charge on any atom is -0.495 e. The van der Waals surface area contributed by atoms with E-state index in [-0.39, 0.29) is 5.91 Å². The fourth-order valence-corrected chi connectivity index (χ4v) is 2.03. The summed E-state index contributed by atoms with van der Waals surface area (Å²) in [4.78, 5) is 12.3. The number of carbonyl (C=O) groups is 1. The van der Waals surface area contributed by atoms with Crippen LogP contribution in [-0.4, -0.2) is 19.6 Å². The molecule has 0 atom stereocenters. The molecule has 5 N–H and O–H groups in total. The van der Waals surface area contributed by atoms with Crippen molar-refractivity contribution in [3.05, 3.63) is 18.2 Å². The van der Waals surface area contributed by atoms with Gasteiger partial charge in [-0.2, -0.15) is 0 Å². The third kappa shape index (κ3) is 3.17. The molecule has 19 heavy (non-hydrogen) atoms. The van der Waals surface area contributed by atoms with E-state index >= 15 is 0 Å². The topological polar surface area (TPSA) is 90.4 Å². The first-order valence-corrected chi connectivity index (χ1v) is 6.48. The number of nitrogens with two attached hydrogens (primary N) is 2. The van der Waals surface area contributed by atoms with Crippen LogP contribution in [0.2, 0.25) is 0 Å². The molecule has 0 bridgehead atoms. The maximum Gasteiger partial charge on any atom is 0.231 e. The van der Waals surface area contributed by atoms with Gasteiger partial charge in [0.1, 0.15) is 5.75 Å². The Kier molecular flexibility index (Phi) is 5.18. The number of benzene rings is 1. The minimum absolute atomic E-state index is 0.0652. The summed E-state index contributed by atoms with van der Waals surface area (Å²) in [5, 5.41) is 2.87. The van der Waals surface area contributed by atoms with Gasteiger partial charge in [0.15, 0.2) is 0 Å². The molecule has 106 valence electrons. The Hall–Kier alpha value is -1.75. The van der Waals surface area contributed by atoms with Crippen LogP contribution >= 0.6 is 0 Å². The quantitative estimate of drug-likeness (QED) is 0.686. The molecule has 0 fully saturated rings. The molecule has 0 unspecified atom stereocenters. The number of nitrogens with one attached hydrogen (secondary N) is 1. The maximum absolute atomic E-state index is 12.3. The molecule has 0 aliphatic heterocycles. The zero-order chi connectivity index (χ0) is 14.5. The molecule has 1 aromatic carbocycles. The number of amides is 1. The summed E-state index contributed by atoms with van der Waals surface area (Å²) in [6.45, 7) is 4.27. The van der Waals surface area contributed by atoms with Crippen LogP contribution in [0.5, 0.6) is 5.75 Å². The summed E-state index contributed by atoms with van der Waals surface area (Å²) in [6.07, 6.45) is 1.41. The lowest BCUT2D eigenvalue weighted by atomic mass is 9.81. The Morgan fingerprint density at radius 2 is 2.00 bits per heavy atom. The van der Waals surface area contributed by atoms with Crippen molar-refractivity contribution in [2.24, 2.45) is 11.1 Å².